The van der Waals surface area contributed by atoms with E-state index in [2.05, 4.69) is 36.5 Å². The second kappa shape index (κ2) is 7.95. The van der Waals surface area contributed by atoms with E-state index in [9.17, 15) is 4.79 Å². The first-order chi connectivity index (χ1) is 10.7. The summed E-state index contributed by atoms with van der Waals surface area (Å²) in [4.78, 5) is 13.4. The molecule has 0 bridgehead atoms. The molecule has 5 heteroatoms. The molecular formula is C18H23ClN2OS. The van der Waals surface area contributed by atoms with Crippen LogP contribution in [0.15, 0.2) is 35.7 Å². The summed E-state index contributed by atoms with van der Waals surface area (Å²) in [6.07, 6.45) is 3.32. The molecule has 1 amide bonds. The van der Waals surface area contributed by atoms with Crippen LogP contribution in [0.5, 0.6) is 0 Å². The third-order valence-electron chi connectivity index (χ3n) is 4.51. The quantitative estimate of drug-likeness (QED) is 0.875. The summed E-state index contributed by atoms with van der Waals surface area (Å²) in [5, 5.41) is 5.18. The fourth-order valence-electron chi connectivity index (χ4n) is 3.19. The van der Waals surface area contributed by atoms with Crippen LogP contribution < -0.4 is 11.1 Å². The van der Waals surface area contributed by atoms with Gasteiger partial charge in [0.1, 0.15) is 0 Å². The molecule has 0 radical (unpaired) electrons. The van der Waals surface area contributed by atoms with E-state index in [1.165, 1.54) is 16.9 Å². The molecule has 1 saturated carbocycles. The highest BCUT2D eigenvalue weighted by Gasteiger charge is 2.28. The van der Waals surface area contributed by atoms with E-state index in [1.807, 2.05) is 11.4 Å². The van der Waals surface area contributed by atoms with Crippen LogP contribution in [0.2, 0.25) is 0 Å². The molecule has 1 aromatic heterocycles. The Labute approximate surface area is 147 Å². The number of benzene rings is 1. The van der Waals surface area contributed by atoms with Gasteiger partial charge in [-0.05, 0) is 49.2 Å². The van der Waals surface area contributed by atoms with Crippen molar-refractivity contribution in [1.82, 2.24) is 5.32 Å². The Bertz CT molecular complexity index is 653. The lowest BCUT2D eigenvalue weighted by Gasteiger charge is -2.19. The van der Waals surface area contributed by atoms with Crippen molar-refractivity contribution in [3.05, 3.63) is 46.2 Å². The number of hydrogen-bond acceptors (Lipinski definition) is 3. The van der Waals surface area contributed by atoms with E-state index in [1.54, 1.807) is 0 Å². The number of aryl methyl sites for hydroxylation is 1. The maximum Gasteiger partial charge on any atom is 0.262 e. The van der Waals surface area contributed by atoms with Gasteiger partial charge in [0.05, 0.1) is 4.88 Å². The molecule has 3 rings (SSSR count). The highest BCUT2D eigenvalue weighted by molar-refractivity contribution is 7.12. The molecule has 124 valence electrons. The number of amides is 1. The number of nitrogens with two attached hydrogens (primary N) is 1. The molecule has 2 aromatic rings. The van der Waals surface area contributed by atoms with E-state index in [4.69, 9.17) is 5.73 Å². The van der Waals surface area contributed by atoms with E-state index in [-0.39, 0.29) is 24.4 Å². The summed E-state index contributed by atoms with van der Waals surface area (Å²) in [5.74, 6) is 0.461. The first kappa shape index (κ1) is 18.0. The highest BCUT2D eigenvalue weighted by Crippen LogP contribution is 2.30. The van der Waals surface area contributed by atoms with Crippen molar-refractivity contribution < 1.29 is 4.79 Å². The van der Waals surface area contributed by atoms with Crippen molar-refractivity contribution in [2.75, 3.05) is 6.54 Å². The second-order valence-electron chi connectivity index (χ2n) is 6.04. The van der Waals surface area contributed by atoms with Crippen LogP contribution in [0.25, 0.3) is 11.1 Å². The van der Waals surface area contributed by atoms with E-state index in [0.29, 0.717) is 12.5 Å². The van der Waals surface area contributed by atoms with Gasteiger partial charge in [0, 0.05) is 11.6 Å². The topological polar surface area (TPSA) is 55.1 Å². The fourth-order valence-corrected chi connectivity index (χ4v) is 4.01. The zero-order valence-electron chi connectivity index (χ0n) is 13.2. The second-order valence-corrected chi connectivity index (χ2v) is 6.95. The monoisotopic (exact) mass is 350 g/mol. The van der Waals surface area contributed by atoms with Gasteiger partial charge in [-0.1, -0.05) is 36.2 Å². The fraction of sp³-hybridized carbons (Fsp3) is 0.389. The molecule has 0 spiro atoms. The lowest BCUT2D eigenvalue weighted by atomic mass is 10.0. The van der Waals surface area contributed by atoms with Gasteiger partial charge >= 0.3 is 0 Å². The minimum atomic E-state index is 0. The molecule has 1 aliphatic carbocycles. The predicted molar refractivity (Wildman–Crippen MR) is 99.4 cm³/mol. The summed E-state index contributed by atoms with van der Waals surface area (Å²) in [6.45, 7) is 2.72. The van der Waals surface area contributed by atoms with E-state index < -0.39 is 0 Å². The number of thiophene rings is 1. The first-order valence-electron chi connectivity index (χ1n) is 7.84. The van der Waals surface area contributed by atoms with Gasteiger partial charge in [-0.2, -0.15) is 0 Å². The standard InChI is InChI=1S/C18H22N2OS.ClH/c1-12-5-7-13(8-6-12)15-9-10-22-17(15)18(21)20-16-4-2-3-14(16)11-19;/h5-10,14,16H,2-4,11,19H2,1H3,(H,20,21);1H. The number of halogens is 1. The maximum absolute atomic E-state index is 12.6. The molecule has 3 nitrogen and oxygen atoms in total. The van der Waals surface area contributed by atoms with Crippen molar-refractivity contribution in [2.45, 2.75) is 32.2 Å². The third-order valence-corrected chi connectivity index (χ3v) is 5.43. The summed E-state index contributed by atoms with van der Waals surface area (Å²) in [7, 11) is 0. The lowest BCUT2D eigenvalue weighted by molar-refractivity contribution is 0.0933. The van der Waals surface area contributed by atoms with Crippen LogP contribution in [-0.2, 0) is 0 Å². The SMILES string of the molecule is Cc1ccc(-c2ccsc2C(=O)NC2CCCC2CN)cc1.Cl. The van der Waals surface area contributed by atoms with Crippen molar-refractivity contribution in [3.63, 3.8) is 0 Å². The van der Waals surface area contributed by atoms with Crippen molar-refractivity contribution >= 4 is 29.7 Å². The lowest BCUT2D eigenvalue weighted by Crippen LogP contribution is -2.39. The van der Waals surface area contributed by atoms with Gasteiger partial charge in [-0.3, -0.25) is 4.79 Å². The Hall–Kier alpha value is -1.36. The van der Waals surface area contributed by atoms with Crippen LogP contribution in [0.1, 0.15) is 34.5 Å². The predicted octanol–water partition coefficient (Wildman–Crippen LogP) is 4.00. The highest BCUT2D eigenvalue weighted by atomic mass is 35.5. The molecule has 2 unspecified atom stereocenters. The Morgan fingerprint density at radius 2 is 2.00 bits per heavy atom. The molecule has 1 heterocycles. The molecule has 1 fully saturated rings. The van der Waals surface area contributed by atoms with Gasteiger partial charge in [-0.15, -0.1) is 23.7 Å². The summed E-state index contributed by atoms with van der Waals surface area (Å²) in [5.41, 5.74) is 9.14. The number of rotatable bonds is 4. The van der Waals surface area contributed by atoms with Crippen molar-refractivity contribution in [2.24, 2.45) is 11.7 Å². The molecule has 0 aliphatic heterocycles. The molecule has 1 aliphatic rings. The average molecular weight is 351 g/mol. The number of hydrogen-bond donors (Lipinski definition) is 2. The van der Waals surface area contributed by atoms with Gasteiger partial charge in [0.25, 0.3) is 5.91 Å². The van der Waals surface area contributed by atoms with Crippen LogP contribution in [-0.4, -0.2) is 18.5 Å². The van der Waals surface area contributed by atoms with Crippen molar-refractivity contribution in [1.29, 1.82) is 0 Å². The van der Waals surface area contributed by atoms with Crippen LogP contribution in [0, 0.1) is 12.8 Å². The number of carbonyl (C=O) groups excluding carboxylic acids is 1. The normalized spacial score (nSPS) is 20.1. The molecule has 0 saturated heterocycles. The van der Waals surface area contributed by atoms with Crippen LogP contribution in [0.4, 0.5) is 0 Å². The van der Waals surface area contributed by atoms with Crippen molar-refractivity contribution in [3.8, 4) is 11.1 Å². The third kappa shape index (κ3) is 3.94. The molecule has 23 heavy (non-hydrogen) atoms. The Balaban J connectivity index is 0.00000192. The number of carbonyl (C=O) groups is 1. The summed E-state index contributed by atoms with van der Waals surface area (Å²) in [6, 6.07) is 10.6. The first-order valence-corrected chi connectivity index (χ1v) is 8.72. The Morgan fingerprint density at radius 3 is 2.70 bits per heavy atom. The van der Waals surface area contributed by atoms with E-state index in [0.717, 1.165) is 35.3 Å². The van der Waals surface area contributed by atoms with Gasteiger partial charge in [0.15, 0.2) is 0 Å². The smallest absolute Gasteiger partial charge is 0.262 e. The van der Waals surface area contributed by atoms with E-state index >= 15 is 0 Å². The average Bonchev–Trinajstić information content (AvgIpc) is 3.16. The zero-order valence-corrected chi connectivity index (χ0v) is 14.9. The molecular weight excluding hydrogens is 328 g/mol. The van der Waals surface area contributed by atoms with Crippen LogP contribution in [0.3, 0.4) is 0 Å². The number of nitrogens with one attached hydrogen (secondary N) is 1. The summed E-state index contributed by atoms with van der Waals surface area (Å²) < 4.78 is 0. The van der Waals surface area contributed by atoms with Gasteiger partial charge in [-0.25, -0.2) is 0 Å². The molecule has 2 atom stereocenters. The maximum atomic E-state index is 12.6. The Morgan fingerprint density at radius 1 is 1.26 bits per heavy atom. The zero-order chi connectivity index (χ0) is 15.5. The Kier molecular flexibility index (Phi) is 6.22. The van der Waals surface area contributed by atoms with Gasteiger partial charge < -0.3 is 11.1 Å². The van der Waals surface area contributed by atoms with Gasteiger partial charge in [0.2, 0.25) is 0 Å². The summed E-state index contributed by atoms with van der Waals surface area (Å²) >= 11 is 1.51. The minimum Gasteiger partial charge on any atom is -0.348 e. The molecule has 1 aromatic carbocycles. The largest absolute Gasteiger partial charge is 0.348 e. The minimum absolute atomic E-state index is 0. The van der Waals surface area contributed by atoms with Crippen LogP contribution >= 0.6 is 23.7 Å². The molecule has 3 N–H and O–H groups in total.